The van der Waals surface area contributed by atoms with Gasteiger partial charge < -0.3 is 9.64 Å². The molecule has 1 aromatic carbocycles. The number of likely N-dealkylation sites (tertiary alicyclic amines) is 1. The minimum Gasteiger partial charge on any atom is -0.466 e. The molecule has 0 N–H and O–H groups in total. The zero-order chi connectivity index (χ0) is 18.7. The molecular weight excluding hydrogens is 337 g/mol. The number of aryl methyl sites for hydroxylation is 1. The van der Waals surface area contributed by atoms with Gasteiger partial charge in [0.25, 0.3) is 5.91 Å². The van der Waals surface area contributed by atoms with E-state index in [9.17, 15) is 14.0 Å². The molecule has 0 atom stereocenters. The summed E-state index contributed by atoms with van der Waals surface area (Å²) in [5.41, 5.74) is 1.85. The molecule has 6 nitrogen and oxygen atoms in total. The van der Waals surface area contributed by atoms with Gasteiger partial charge in [-0.15, -0.1) is 0 Å². The number of carbonyl (C=O) groups is 2. The second kappa shape index (κ2) is 7.68. The predicted molar refractivity (Wildman–Crippen MR) is 93.9 cm³/mol. The number of hydrogen-bond donors (Lipinski definition) is 0. The Hall–Kier alpha value is -2.70. The van der Waals surface area contributed by atoms with Crippen molar-refractivity contribution in [2.45, 2.75) is 19.8 Å². The fourth-order valence-corrected chi connectivity index (χ4v) is 3.17. The standard InChI is InChI=1S/C19H22FN3O3/c1-3-26-19(25)14-8-10-23(11-9-14)18(24)17-12-16(21-22(17)2)13-4-6-15(20)7-5-13/h4-7,12,14H,3,8-11H2,1-2H3. The highest BCUT2D eigenvalue weighted by molar-refractivity contribution is 5.94. The lowest BCUT2D eigenvalue weighted by Crippen LogP contribution is -2.41. The van der Waals surface area contributed by atoms with Gasteiger partial charge in [-0.1, -0.05) is 0 Å². The summed E-state index contributed by atoms with van der Waals surface area (Å²) in [4.78, 5) is 26.4. The van der Waals surface area contributed by atoms with Crippen molar-refractivity contribution in [3.63, 3.8) is 0 Å². The van der Waals surface area contributed by atoms with Crippen LogP contribution in [0, 0.1) is 11.7 Å². The van der Waals surface area contributed by atoms with Gasteiger partial charge in [0.05, 0.1) is 18.2 Å². The molecular formula is C19H22FN3O3. The van der Waals surface area contributed by atoms with Crippen LogP contribution in [0.3, 0.4) is 0 Å². The maximum Gasteiger partial charge on any atom is 0.309 e. The number of halogens is 1. The fraction of sp³-hybridized carbons (Fsp3) is 0.421. The summed E-state index contributed by atoms with van der Waals surface area (Å²) in [6.45, 7) is 3.19. The number of nitrogens with zero attached hydrogens (tertiary/aromatic N) is 3. The van der Waals surface area contributed by atoms with Gasteiger partial charge in [-0.25, -0.2) is 4.39 Å². The Balaban J connectivity index is 1.69. The minimum absolute atomic E-state index is 0.115. The molecule has 0 bridgehead atoms. The maximum atomic E-state index is 13.1. The van der Waals surface area contributed by atoms with Crippen LogP contribution in [0.25, 0.3) is 11.3 Å². The van der Waals surface area contributed by atoms with Gasteiger partial charge in [0.2, 0.25) is 0 Å². The minimum atomic E-state index is -0.314. The molecule has 1 saturated heterocycles. The van der Waals surface area contributed by atoms with Gasteiger partial charge in [0.1, 0.15) is 11.5 Å². The van der Waals surface area contributed by atoms with Crippen molar-refractivity contribution in [1.82, 2.24) is 14.7 Å². The highest BCUT2D eigenvalue weighted by atomic mass is 19.1. The molecule has 26 heavy (non-hydrogen) atoms. The lowest BCUT2D eigenvalue weighted by molar-refractivity contribution is -0.149. The Morgan fingerprint density at radius 1 is 1.23 bits per heavy atom. The van der Waals surface area contributed by atoms with Crippen molar-refractivity contribution in [3.05, 3.63) is 41.8 Å². The largest absolute Gasteiger partial charge is 0.466 e. The summed E-state index contributed by atoms with van der Waals surface area (Å²) in [6, 6.07) is 7.72. The summed E-state index contributed by atoms with van der Waals surface area (Å²) in [6.07, 6.45) is 1.21. The number of piperidine rings is 1. The topological polar surface area (TPSA) is 64.4 Å². The fourth-order valence-electron chi connectivity index (χ4n) is 3.17. The molecule has 0 radical (unpaired) electrons. The van der Waals surface area contributed by atoms with Crippen molar-refractivity contribution >= 4 is 11.9 Å². The number of aromatic nitrogens is 2. The van der Waals surface area contributed by atoms with Crippen molar-refractivity contribution in [1.29, 1.82) is 0 Å². The first-order valence-corrected chi connectivity index (χ1v) is 8.75. The summed E-state index contributed by atoms with van der Waals surface area (Å²) >= 11 is 0. The molecule has 2 heterocycles. The normalized spacial score (nSPS) is 15.1. The van der Waals surface area contributed by atoms with Crippen LogP contribution < -0.4 is 0 Å². The Morgan fingerprint density at radius 2 is 1.88 bits per heavy atom. The van der Waals surface area contributed by atoms with E-state index in [1.165, 1.54) is 12.1 Å². The third-order valence-corrected chi connectivity index (χ3v) is 4.64. The molecule has 1 aliphatic rings. The van der Waals surface area contributed by atoms with Crippen LogP contribution in [0.5, 0.6) is 0 Å². The Labute approximate surface area is 151 Å². The zero-order valence-electron chi connectivity index (χ0n) is 14.9. The van der Waals surface area contributed by atoms with Gasteiger partial charge in [-0.2, -0.15) is 5.10 Å². The lowest BCUT2D eigenvalue weighted by Gasteiger charge is -2.30. The van der Waals surface area contributed by atoms with E-state index in [1.54, 1.807) is 41.8 Å². The predicted octanol–water partition coefficient (Wildman–Crippen LogP) is 2.64. The average molecular weight is 359 g/mol. The van der Waals surface area contributed by atoms with Crippen LogP contribution in [-0.4, -0.2) is 46.3 Å². The summed E-state index contributed by atoms with van der Waals surface area (Å²) in [5.74, 6) is -0.750. The van der Waals surface area contributed by atoms with Crippen molar-refractivity contribution in [2.24, 2.45) is 13.0 Å². The molecule has 1 aliphatic heterocycles. The Morgan fingerprint density at radius 3 is 2.50 bits per heavy atom. The first-order chi connectivity index (χ1) is 12.5. The van der Waals surface area contributed by atoms with E-state index in [0.717, 1.165) is 5.56 Å². The second-order valence-electron chi connectivity index (χ2n) is 6.36. The smallest absolute Gasteiger partial charge is 0.309 e. The van der Waals surface area contributed by atoms with Gasteiger partial charge in [0.15, 0.2) is 0 Å². The molecule has 0 aliphatic carbocycles. The molecule has 0 unspecified atom stereocenters. The lowest BCUT2D eigenvalue weighted by atomic mass is 9.97. The number of amides is 1. The Kier molecular flexibility index (Phi) is 5.35. The van der Waals surface area contributed by atoms with Crippen LogP contribution in [-0.2, 0) is 16.6 Å². The van der Waals surface area contributed by atoms with Crippen LogP contribution in [0.1, 0.15) is 30.3 Å². The monoisotopic (exact) mass is 359 g/mol. The molecule has 0 spiro atoms. The van der Waals surface area contributed by atoms with Crippen LogP contribution in [0.2, 0.25) is 0 Å². The van der Waals surface area contributed by atoms with Crippen LogP contribution >= 0.6 is 0 Å². The number of rotatable bonds is 4. The molecule has 0 saturated carbocycles. The number of esters is 1. The third kappa shape index (κ3) is 3.76. The van der Waals surface area contributed by atoms with E-state index < -0.39 is 0 Å². The SMILES string of the molecule is CCOC(=O)C1CCN(C(=O)c2cc(-c3ccc(F)cc3)nn2C)CC1. The average Bonchev–Trinajstić information content (AvgIpc) is 3.04. The first kappa shape index (κ1) is 18.1. The summed E-state index contributed by atoms with van der Waals surface area (Å²) < 4.78 is 19.7. The van der Waals surface area contributed by atoms with E-state index in [4.69, 9.17) is 4.74 Å². The molecule has 3 rings (SSSR count). The van der Waals surface area contributed by atoms with E-state index in [1.807, 2.05) is 0 Å². The maximum absolute atomic E-state index is 13.1. The van der Waals surface area contributed by atoms with E-state index in [2.05, 4.69) is 5.10 Å². The molecule has 1 amide bonds. The second-order valence-corrected chi connectivity index (χ2v) is 6.36. The van der Waals surface area contributed by atoms with Gasteiger partial charge in [0, 0.05) is 25.7 Å². The summed E-state index contributed by atoms with van der Waals surface area (Å²) in [5, 5.41) is 4.37. The van der Waals surface area contributed by atoms with Crippen LogP contribution in [0.4, 0.5) is 4.39 Å². The van der Waals surface area contributed by atoms with Gasteiger partial charge in [-0.3, -0.25) is 14.3 Å². The first-order valence-electron chi connectivity index (χ1n) is 8.75. The molecule has 1 aromatic heterocycles. The summed E-state index contributed by atoms with van der Waals surface area (Å²) in [7, 11) is 1.71. The molecule has 138 valence electrons. The van der Waals surface area contributed by atoms with Gasteiger partial charge in [-0.05, 0) is 50.1 Å². The van der Waals surface area contributed by atoms with Gasteiger partial charge >= 0.3 is 5.97 Å². The number of hydrogen-bond acceptors (Lipinski definition) is 4. The van der Waals surface area contributed by atoms with E-state index >= 15 is 0 Å². The molecule has 1 fully saturated rings. The quantitative estimate of drug-likeness (QED) is 0.788. The highest BCUT2D eigenvalue weighted by Crippen LogP contribution is 2.23. The van der Waals surface area contributed by atoms with Crippen molar-refractivity contribution in [2.75, 3.05) is 19.7 Å². The zero-order valence-corrected chi connectivity index (χ0v) is 14.9. The van der Waals surface area contributed by atoms with Crippen molar-refractivity contribution in [3.8, 4) is 11.3 Å². The third-order valence-electron chi connectivity index (χ3n) is 4.64. The highest BCUT2D eigenvalue weighted by Gasteiger charge is 2.29. The number of ether oxygens (including phenoxy) is 1. The van der Waals surface area contributed by atoms with Crippen LogP contribution in [0.15, 0.2) is 30.3 Å². The Bertz CT molecular complexity index is 793. The molecule has 2 aromatic rings. The van der Waals surface area contributed by atoms with Crippen molar-refractivity contribution < 1.29 is 18.7 Å². The van der Waals surface area contributed by atoms with E-state index in [-0.39, 0.29) is 23.6 Å². The number of benzene rings is 1. The number of carbonyl (C=O) groups excluding carboxylic acids is 2. The molecule has 7 heteroatoms. The van der Waals surface area contributed by atoms with E-state index in [0.29, 0.717) is 43.9 Å².